The Bertz CT molecular complexity index is 826. The highest BCUT2D eigenvalue weighted by Crippen LogP contribution is 2.30. The standard InChI is InChI=1S/C23H33NO10/c1-5-8-9-20(25)32-15(4)14-24-17(21(26)27)12-16-10-11-18(33-22(28)30-6-2)19(13-16)34-23(29)31-7-3/h10-11,13,15,17,24H,5-9,12,14H2,1-4H3,(H,26,27)/t15?,17-/m0/s1. The quantitative estimate of drug-likeness (QED) is 0.228. The van der Waals surface area contributed by atoms with E-state index in [2.05, 4.69) is 5.32 Å². The van der Waals surface area contributed by atoms with Gasteiger partial charge in [0, 0.05) is 13.0 Å². The summed E-state index contributed by atoms with van der Waals surface area (Å²) in [6.45, 7) is 7.12. The molecule has 0 aromatic heterocycles. The van der Waals surface area contributed by atoms with E-state index in [-0.39, 0.29) is 43.6 Å². The van der Waals surface area contributed by atoms with Crippen LogP contribution in [0, 0.1) is 0 Å². The number of carboxylic acid groups (broad SMARTS) is 1. The first-order valence-electron chi connectivity index (χ1n) is 11.2. The van der Waals surface area contributed by atoms with Gasteiger partial charge < -0.3 is 34.1 Å². The van der Waals surface area contributed by atoms with E-state index in [4.69, 9.17) is 23.7 Å². The Morgan fingerprint density at radius 2 is 1.59 bits per heavy atom. The number of carboxylic acids is 1. The number of nitrogens with one attached hydrogen (secondary N) is 1. The van der Waals surface area contributed by atoms with Crippen molar-refractivity contribution in [3.05, 3.63) is 23.8 Å². The van der Waals surface area contributed by atoms with Gasteiger partial charge in [0.2, 0.25) is 0 Å². The van der Waals surface area contributed by atoms with Crippen LogP contribution in [-0.2, 0) is 30.2 Å². The second-order valence-electron chi connectivity index (χ2n) is 7.26. The van der Waals surface area contributed by atoms with Crippen molar-refractivity contribution in [1.82, 2.24) is 5.32 Å². The maximum atomic E-state index is 11.8. The Hall–Kier alpha value is -3.34. The van der Waals surface area contributed by atoms with Gasteiger partial charge in [-0.15, -0.1) is 0 Å². The molecular weight excluding hydrogens is 450 g/mol. The summed E-state index contributed by atoms with van der Waals surface area (Å²) in [5.41, 5.74) is 0.475. The molecule has 0 fully saturated rings. The van der Waals surface area contributed by atoms with E-state index in [0.717, 1.165) is 12.8 Å². The van der Waals surface area contributed by atoms with E-state index in [9.17, 15) is 24.3 Å². The lowest BCUT2D eigenvalue weighted by molar-refractivity contribution is -0.148. The molecule has 1 rings (SSSR count). The van der Waals surface area contributed by atoms with Gasteiger partial charge in [-0.25, -0.2) is 9.59 Å². The van der Waals surface area contributed by atoms with Crippen molar-refractivity contribution in [2.24, 2.45) is 0 Å². The molecule has 190 valence electrons. The molecule has 1 aromatic rings. The Labute approximate surface area is 198 Å². The number of carbonyl (C=O) groups excluding carboxylic acids is 3. The lowest BCUT2D eigenvalue weighted by Crippen LogP contribution is -2.42. The number of esters is 1. The number of unbranched alkanes of at least 4 members (excludes halogenated alkanes) is 1. The van der Waals surface area contributed by atoms with E-state index in [0.29, 0.717) is 12.0 Å². The smallest absolute Gasteiger partial charge is 0.480 e. The Morgan fingerprint density at radius 3 is 2.15 bits per heavy atom. The minimum atomic E-state index is -1.12. The molecule has 0 radical (unpaired) electrons. The van der Waals surface area contributed by atoms with Gasteiger partial charge in [-0.1, -0.05) is 19.4 Å². The second kappa shape index (κ2) is 15.5. The van der Waals surface area contributed by atoms with Gasteiger partial charge in [0.15, 0.2) is 11.5 Å². The van der Waals surface area contributed by atoms with Crippen LogP contribution in [0.4, 0.5) is 9.59 Å². The molecule has 1 unspecified atom stereocenters. The zero-order valence-electron chi connectivity index (χ0n) is 20.0. The second-order valence-corrected chi connectivity index (χ2v) is 7.26. The molecule has 0 spiro atoms. The summed E-state index contributed by atoms with van der Waals surface area (Å²) in [6.07, 6.45) is -0.611. The summed E-state index contributed by atoms with van der Waals surface area (Å²) in [5.74, 6) is -1.68. The third-order valence-electron chi connectivity index (χ3n) is 4.38. The maximum absolute atomic E-state index is 11.8. The van der Waals surface area contributed by atoms with Crippen LogP contribution >= 0.6 is 0 Å². The highest BCUT2D eigenvalue weighted by atomic mass is 16.7. The van der Waals surface area contributed by atoms with Crippen LogP contribution in [0.25, 0.3) is 0 Å². The molecular formula is C23H33NO10. The molecule has 0 aliphatic heterocycles. The lowest BCUT2D eigenvalue weighted by Gasteiger charge is -2.19. The van der Waals surface area contributed by atoms with Crippen LogP contribution in [0.1, 0.15) is 52.5 Å². The van der Waals surface area contributed by atoms with Crippen molar-refractivity contribution >= 4 is 24.2 Å². The normalized spacial score (nSPS) is 12.2. The molecule has 2 atom stereocenters. The van der Waals surface area contributed by atoms with Crippen molar-refractivity contribution in [3.63, 3.8) is 0 Å². The number of ether oxygens (including phenoxy) is 5. The monoisotopic (exact) mass is 483 g/mol. The number of benzene rings is 1. The molecule has 34 heavy (non-hydrogen) atoms. The minimum absolute atomic E-state index is 0.00467. The molecule has 0 aliphatic carbocycles. The van der Waals surface area contributed by atoms with Crippen LogP contribution in [-0.4, -0.2) is 61.3 Å². The van der Waals surface area contributed by atoms with Crippen LogP contribution < -0.4 is 14.8 Å². The largest absolute Gasteiger partial charge is 0.513 e. The predicted molar refractivity (Wildman–Crippen MR) is 120 cm³/mol. The summed E-state index contributed by atoms with van der Waals surface area (Å²) in [5, 5.41) is 12.5. The van der Waals surface area contributed by atoms with Gasteiger partial charge in [0.1, 0.15) is 12.1 Å². The van der Waals surface area contributed by atoms with Crippen LogP contribution in [0.15, 0.2) is 18.2 Å². The first-order chi connectivity index (χ1) is 16.2. The van der Waals surface area contributed by atoms with E-state index < -0.39 is 30.4 Å². The van der Waals surface area contributed by atoms with Crippen molar-refractivity contribution in [1.29, 1.82) is 0 Å². The number of carbonyl (C=O) groups is 4. The first-order valence-corrected chi connectivity index (χ1v) is 11.2. The van der Waals surface area contributed by atoms with Crippen LogP contribution in [0.2, 0.25) is 0 Å². The Balaban J connectivity index is 2.90. The van der Waals surface area contributed by atoms with Crippen molar-refractivity contribution in [3.8, 4) is 11.5 Å². The predicted octanol–water partition coefficient (Wildman–Crippen LogP) is 3.46. The molecule has 0 amide bonds. The van der Waals surface area contributed by atoms with Crippen molar-refractivity contribution in [2.45, 2.75) is 65.5 Å². The average Bonchev–Trinajstić information content (AvgIpc) is 2.76. The Morgan fingerprint density at radius 1 is 0.971 bits per heavy atom. The van der Waals surface area contributed by atoms with Crippen molar-refractivity contribution in [2.75, 3.05) is 19.8 Å². The van der Waals surface area contributed by atoms with Crippen molar-refractivity contribution < 1.29 is 48.0 Å². The highest BCUT2D eigenvalue weighted by Gasteiger charge is 2.22. The fourth-order valence-corrected chi connectivity index (χ4v) is 2.75. The van der Waals surface area contributed by atoms with Gasteiger partial charge in [-0.2, -0.15) is 0 Å². The van der Waals surface area contributed by atoms with E-state index in [1.807, 2.05) is 6.92 Å². The van der Waals surface area contributed by atoms with E-state index >= 15 is 0 Å². The first kappa shape index (κ1) is 28.7. The molecule has 11 nitrogen and oxygen atoms in total. The number of hydrogen-bond acceptors (Lipinski definition) is 10. The molecule has 0 aliphatic rings. The molecule has 2 N–H and O–H groups in total. The molecule has 0 bridgehead atoms. The lowest BCUT2D eigenvalue weighted by atomic mass is 10.0. The third-order valence-corrected chi connectivity index (χ3v) is 4.38. The number of rotatable bonds is 14. The van der Waals surface area contributed by atoms with Gasteiger partial charge in [0.05, 0.1) is 13.2 Å². The zero-order valence-corrected chi connectivity index (χ0v) is 20.0. The fraction of sp³-hybridized carbons (Fsp3) is 0.565. The summed E-state index contributed by atoms with van der Waals surface area (Å²) < 4.78 is 24.9. The minimum Gasteiger partial charge on any atom is -0.480 e. The van der Waals surface area contributed by atoms with Gasteiger partial charge in [0.25, 0.3) is 0 Å². The molecule has 0 saturated heterocycles. The van der Waals surface area contributed by atoms with Crippen LogP contribution in [0.5, 0.6) is 11.5 Å². The summed E-state index contributed by atoms with van der Waals surface area (Å²) in [6, 6.07) is 3.23. The molecule has 1 aromatic carbocycles. The molecule has 0 saturated carbocycles. The average molecular weight is 484 g/mol. The fourth-order valence-electron chi connectivity index (χ4n) is 2.75. The molecule has 11 heteroatoms. The maximum Gasteiger partial charge on any atom is 0.513 e. The summed E-state index contributed by atoms with van der Waals surface area (Å²) >= 11 is 0. The molecule has 0 heterocycles. The van der Waals surface area contributed by atoms with E-state index in [1.54, 1.807) is 20.8 Å². The topological polar surface area (TPSA) is 147 Å². The third kappa shape index (κ3) is 11.0. The Kier molecular flexibility index (Phi) is 13.1. The van der Waals surface area contributed by atoms with Gasteiger partial charge in [-0.3, -0.25) is 9.59 Å². The number of hydrogen-bond donors (Lipinski definition) is 2. The number of aliphatic carboxylic acids is 1. The zero-order chi connectivity index (χ0) is 25.5. The highest BCUT2D eigenvalue weighted by molar-refractivity contribution is 5.74. The SMILES string of the molecule is CCCCC(=O)OC(C)CN[C@@H](Cc1ccc(OC(=O)OCC)c(OC(=O)OCC)c1)C(=O)O. The van der Waals surface area contributed by atoms with Crippen LogP contribution in [0.3, 0.4) is 0 Å². The van der Waals surface area contributed by atoms with Gasteiger partial charge in [-0.05, 0) is 51.3 Å². The van der Waals surface area contributed by atoms with Gasteiger partial charge >= 0.3 is 24.2 Å². The summed E-state index contributed by atoms with van der Waals surface area (Å²) in [4.78, 5) is 46.9. The van der Waals surface area contributed by atoms with E-state index in [1.165, 1.54) is 18.2 Å². The summed E-state index contributed by atoms with van der Waals surface area (Å²) in [7, 11) is 0.